The van der Waals surface area contributed by atoms with Crippen molar-refractivity contribution in [1.82, 2.24) is 20.2 Å². The van der Waals surface area contributed by atoms with Crippen LogP contribution in [0.15, 0.2) is 17.4 Å². The van der Waals surface area contributed by atoms with Gasteiger partial charge in [-0.1, -0.05) is 31.5 Å². The zero-order valence-electron chi connectivity index (χ0n) is 18.0. The molecule has 2 fully saturated rings. The summed E-state index contributed by atoms with van der Waals surface area (Å²) in [7, 11) is 0. The Bertz CT molecular complexity index is 787. The van der Waals surface area contributed by atoms with Crippen LogP contribution in [0.5, 0.6) is 0 Å². The zero-order chi connectivity index (χ0) is 21.1. The molecule has 30 heavy (non-hydrogen) atoms. The first-order valence-electron chi connectivity index (χ1n) is 11.4. The number of aromatic amines is 1. The molecule has 1 unspecified atom stereocenters. The first-order valence-corrected chi connectivity index (χ1v) is 12.2. The summed E-state index contributed by atoms with van der Waals surface area (Å²) in [6.07, 6.45) is 12.1. The monoisotopic (exact) mass is 431 g/mol. The highest BCUT2D eigenvalue weighted by molar-refractivity contribution is 8.16. The summed E-state index contributed by atoms with van der Waals surface area (Å²) in [5.41, 5.74) is 0. The molecule has 2 amide bonds. The fourth-order valence-electron chi connectivity index (χ4n) is 5.21. The van der Waals surface area contributed by atoms with Crippen molar-refractivity contribution in [2.75, 3.05) is 13.1 Å². The van der Waals surface area contributed by atoms with Crippen LogP contribution >= 0.6 is 11.8 Å². The van der Waals surface area contributed by atoms with Crippen molar-refractivity contribution >= 4 is 28.7 Å². The number of carbonyl (C=O) groups is 2. The molecule has 3 atom stereocenters. The lowest BCUT2D eigenvalue weighted by Gasteiger charge is -2.34. The van der Waals surface area contributed by atoms with Gasteiger partial charge in [-0.15, -0.1) is 0 Å². The van der Waals surface area contributed by atoms with Gasteiger partial charge in [-0.05, 0) is 57.3 Å². The number of hydrogen-bond acceptors (Lipinski definition) is 5. The number of aromatic nitrogens is 2. The standard InChI is InChI=1S/C22H33N5O2S/c1-3-5-16-6-4-7-17(16)25-21-26-20(29)22(2,30-21)14-15-8-12-27(13-9-15)19(28)18-23-10-11-24-18/h10-11,15-17H,3-9,12-14H2,1-2H3,(H,23,24)(H,25,26,29)/t16-,17-,22?/m0/s1. The molecule has 3 aliphatic rings. The zero-order valence-corrected chi connectivity index (χ0v) is 18.8. The Morgan fingerprint density at radius 1 is 1.33 bits per heavy atom. The van der Waals surface area contributed by atoms with E-state index in [-0.39, 0.29) is 11.8 Å². The van der Waals surface area contributed by atoms with E-state index in [1.54, 1.807) is 24.2 Å². The number of piperidine rings is 1. The Morgan fingerprint density at radius 2 is 2.13 bits per heavy atom. The molecule has 0 bridgehead atoms. The first-order chi connectivity index (χ1) is 14.5. The summed E-state index contributed by atoms with van der Waals surface area (Å²) in [6.45, 7) is 5.71. The SMILES string of the molecule is CCC[C@H]1CCC[C@@H]1NC1=NC(=O)C(C)(CC2CCN(C(=O)c3ncc[nH]3)CC2)S1. The number of thioether (sulfide) groups is 1. The molecule has 2 aliphatic heterocycles. The molecule has 3 heterocycles. The Balaban J connectivity index is 1.28. The number of likely N-dealkylation sites (tertiary alicyclic amines) is 1. The molecule has 8 heteroatoms. The molecule has 1 aromatic rings. The minimum absolute atomic E-state index is 0.00544. The highest BCUT2D eigenvalue weighted by Crippen LogP contribution is 2.41. The van der Waals surface area contributed by atoms with Crippen LogP contribution in [0.25, 0.3) is 0 Å². The van der Waals surface area contributed by atoms with Gasteiger partial charge in [-0.25, -0.2) is 4.98 Å². The van der Waals surface area contributed by atoms with Gasteiger partial charge >= 0.3 is 0 Å². The number of hydrogen-bond donors (Lipinski definition) is 2. The number of carbonyl (C=O) groups excluding carboxylic acids is 2. The van der Waals surface area contributed by atoms with E-state index in [4.69, 9.17) is 0 Å². The predicted octanol–water partition coefficient (Wildman–Crippen LogP) is 3.60. The van der Waals surface area contributed by atoms with Gasteiger partial charge in [0.25, 0.3) is 11.8 Å². The maximum atomic E-state index is 12.8. The fourth-order valence-corrected chi connectivity index (χ4v) is 6.42. The van der Waals surface area contributed by atoms with Crippen molar-refractivity contribution in [3.8, 4) is 0 Å². The molecule has 1 aliphatic carbocycles. The van der Waals surface area contributed by atoms with Crippen molar-refractivity contribution in [3.05, 3.63) is 18.2 Å². The highest BCUT2D eigenvalue weighted by atomic mass is 32.2. The number of rotatable bonds is 6. The van der Waals surface area contributed by atoms with Crippen LogP contribution in [0.3, 0.4) is 0 Å². The van der Waals surface area contributed by atoms with Crippen LogP contribution in [-0.4, -0.2) is 55.7 Å². The van der Waals surface area contributed by atoms with E-state index >= 15 is 0 Å². The molecule has 1 saturated carbocycles. The molecule has 164 valence electrons. The third-order valence-electron chi connectivity index (χ3n) is 6.89. The predicted molar refractivity (Wildman–Crippen MR) is 119 cm³/mol. The van der Waals surface area contributed by atoms with Crippen molar-refractivity contribution in [3.63, 3.8) is 0 Å². The van der Waals surface area contributed by atoms with Crippen LogP contribution in [0.4, 0.5) is 0 Å². The molecule has 1 saturated heterocycles. The number of nitrogens with zero attached hydrogens (tertiary/aromatic N) is 3. The van der Waals surface area contributed by atoms with E-state index in [9.17, 15) is 9.59 Å². The van der Waals surface area contributed by atoms with Gasteiger partial charge in [0.2, 0.25) is 0 Å². The number of H-pyrrole nitrogens is 1. The van der Waals surface area contributed by atoms with Crippen molar-refractivity contribution in [2.45, 2.75) is 76.0 Å². The second-order valence-corrected chi connectivity index (χ2v) is 10.7. The molecule has 0 spiro atoms. The third kappa shape index (κ3) is 4.58. The number of amidine groups is 1. The second-order valence-electron chi connectivity index (χ2n) is 9.16. The lowest BCUT2D eigenvalue weighted by Crippen LogP contribution is -2.41. The van der Waals surface area contributed by atoms with E-state index in [1.165, 1.54) is 32.1 Å². The summed E-state index contributed by atoms with van der Waals surface area (Å²) in [4.78, 5) is 38.4. The number of aliphatic imine (C=N–C) groups is 1. The number of imidazole rings is 1. The topological polar surface area (TPSA) is 90.4 Å². The quantitative estimate of drug-likeness (QED) is 0.718. The molecule has 4 rings (SSSR count). The van der Waals surface area contributed by atoms with Gasteiger partial charge in [0.1, 0.15) is 4.75 Å². The smallest absolute Gasteiger partial charge is 0.289 e. The molecular weight excluding hydrogens is 398 g/mol. The van der Waals surface area contributed by atoms with E-state index in [1.807, 2.05) is 11.8 Å². The molecular formula is C22H33N5O2S. The van der Waals surface area contributed by atoms with Crippen molar-refractivity contribution in [1.29, 1.82) is 0 Å². The minimum Gasteiger partial charge on any atom is -0.361 e. The Hall–Kier alpha value is -1.83. The van der Waals surface area contributed by atoms with E-state index in [0.717, 1.165) is 24.4 Å². The lowest BCUT2D eigenvalue weighted by molar-refractivity contribution is -0.119. The fraction of sp³-hybridized carbons (Fsp3) is 0.727. The normalized spacial score (nSPS) is 30.0. The van der Waals surface area contributed by atoms with Crippen molar-refractivity contribution < 1.29 is 9.59 Å². The van der Waals surface area contributed by atoms with Gasteiger partial charge in [-0.2, -0.15) is 4.99 Å². The van der Waals surface area contributed by atoms with E-state index < -0.39 is 4.75 Å². The van der Waals surface area contributed by atoms with Crippen LogP contribution in [-0.2, 0) is 4.79 Å². The summed E-state index contributed by atoms with van der Waals surface area (Å²) in [5, 5.41) is 4.42. The molecule has 0 radical (unpaired) electrons. The summed E-state index contributed by atoms with van der Waals surface area (Å²) in [6, 6.07) is 0.460. The Morgan fingerprint density at radius 3 is 2.83 bits per heavy atom. The molecule has 0 aromatic carbocycles. The Kier molecular flexibility index (Phi) is 6.51. The molecule has 2 N–H and O–H groups in total. The summed E-state index contributed by atoms with van der Waals surface area (Å²) < 4.78 is -0.487. The lowest BCUT2D eigenvalue weighted by atomic mass is 9.87. The Labute approximate surface area is 182 Å². The largest absolute Gasteiger partial charge is 0.361 e. The van der Waals surface area contributed by atoms with Gasteiger partial charge in [-0.3, -0.25) is 9.59 Å². The van der Waals surface area contributed by atoms with Crippen molar-refractivity contribution in [2.24, 2.45) is 16.8 Å². The van der Waals surface area contributed by atoms with Crippen LogP contribution in [0.2, 0.25) is 0 Å². The maximum Gasteiger partial charge on any atom is 0.289 e. The van der Waals surface area contributed by atoms with Gasteiger partial charge in [0.05, 0.1) is 0 Å². The molecule has 7 nitrogen and oxygen atoms in total. The summed E-state index contributed by atoms with van der Waals surface area (Å²) >= 11 is 1.62. The van der Waals surface area contributed by atoms with E-state index in [0.29, 0.717) is 36.8 Å². The minimum atomic E-state index is -0.487. The summed E-state index contributed by atoms with van der Waals surface area (Å²) in [5.74, 6) is 1.50. The van der Waals surface area contributed by atoms with E-state index in [2.05, 4.69) is 27.2 Å². The first kappa shape index (κ1) is 21.4. The van der Waals surface area contributed by atoms with Crippen LogP contribution < -0.4 is 5.32 Å². The van der Waals surface area contributed by atoms with Crippen LogP contribution in [0, 0.1) is 11.8 Å². The van der Waals surface area contributed by atoms with Gasteiger partial charge in [0.15, 0.2) is 11.0 Å². The number of nitrogens with one attached hydrogen (secondary N) is 2. The average Bonchev–Trinajstić information content (AvgIpc) is 3.45. The van der Waals surface area contributed by atoms with Crippen LogP contribution in [0.1, 0.15) is 75.8 Å². The highest BCUT2D eigenvalue weighted by Gasteiger charge is 2.44. The molecule has 1 aromatic heterocycles. The van der Waals surface area contributed by atoms with Gasteiger partial charge in [0, 0.05) is 31.5 Å². The number of amides is 2. The van der Waals surface area contributed by atoms with Gasteiger partial charge < -0.3 is 15.2 Å². The average molecular weight is 432 g/mol. The second kappa shape index (κ2) is 9.12. The maximum absolute atomic E-state index is 12.8. The third-order valence-corrected chi connectivity index (χ3v) is 8.08.